The molecule has 0 bridgehead atoms. The topological polar surface area (TPSA) is 99.7 Å². The van der Waals surface area contributed by atoms with E-state index < -0.39 is 18.2 Å². The van der Waals surface area contributed by atoms with Gasteiger partial charge >= 0.3 is 5.97 Å². The van der Waals surface area contributed by atoms with Gasteiger partial charge in [0.1, 0.15) is 17.8 Å². The number of carboxylic acids is 1. The minimum absolute atomic E-state index is 0.0720. The van der Waals surface area contributed by atoms with E-state index >= 15 is 0 Å². The van der Waals surface area contributed by atoms with Crippen molar-refractivity contribution >= 4 is 11.9 Å². The quantitative estimate of drug-likeness (QED) is 0.778. The Bertz CT molecular complexity index is 559. The number of pyridine rings is 1. The first-order valence-electron chi connectivity index (χ1n) is 5.73. The number of aliphatic carboxylic acids is 1. The monoisotopic (exact) mass is 266 g/mol. The first kappa shape index (κ1) is 13.3. The second-order valence-corrected chi connectivity index (χ2v) is 4.72. The molecule has 0 aliphatic carbocycles. The molecule has 1 aliphatic heterocycles. The van der Waals surface area contributed by atoms with Crippen molar-refractivity contribution in [1.29, 1.82) is 0 Å². The maximum absolute atomic E-state index is 12.0. The third-order valence-corrected chi connectivity index (χ3v) is 2.94. The number of carboxylic acid groups (broad SMARTS) is 1. The van der Waals surface area contributed by atoms with Crippen molar-refractivity contribution in [3.63, 3.8) is 0 Å². The fourth-order valence-corrected chi connectivity index (χ4v) is 1.99. The number of hydrogen-bond acceptors (Lipinski definition) is 4. The van der Waals surface area contributed by atoms with Gasteiger partial charge in [0.15, 0.2) is 5.43 Å². The lowest BCUT2D eigenvalue weighted by Gasteiger charge is -2.47. The molecule has 1 aromatic heterocycles. The van der Waals surface area contributed by atoms with Gasteiger partial charge in [0.2, 0.25) is 0 Å². The van der Waals surface area contributed by atoms with Crippen LogP contribution in [0.1, 0.15) is 17.3 Å². The predicted molar refractivity (Wildman–Crippen MR) is 65.0 cm³/mol. The highest BCUT2D eigenvalue weighted by atomic mass is 16.5. The third kappa shape index (κ3) is 2.82. The van der Waals surface area contributed by atoms with Crippen LogP contribution in [0.15, 0.2) is 23.3 Å². The fourth-order valence-electron chi connectivity index (χ4n) is 1.99. The van der Waals surface area contributed by atoms with E-state index in [9.17, 15) is 14.4 Å². The van der Waals surface area contributed by atoms with Crippen LogP contribution in [-0.4, -0.2) is 52.2 Å². The highest BCUT2D eigenvalue weighted by Crippen LogP contribution is 2.25. The van der Waals surface area contributed by atoms with Crippen LogP contribution in [0.4, 0.5) is 0 Å². The van der Waals surface area contributed by atoms with Gasteiger partial charge in [-0.1, -0.05) is 0 Å². The normalized spacial score (nSPS) is 16.8. The molecule has 0 spiro atoms. The molecule has 1 fully saturated rings. The van der Waals surface area contributed by atoms with Crippen molar-refractivity contribution < 1.29 is 19.4 Å². The molecule has 1 aliphatic rings. The maximum atomic E-state index is 12.0. The Hall–Kier alpha value is -2.15. The number of amides is 1. The van der Waals surface area contributed by atoms with Crippen molar-refractivity contribution in [2.24, 2.45) is 0 Å². The molecule has 0 saturated carbocycles. The van der Waals surface area contributed by atoms with E-state index in [1.54, 1.807) is 6.92 Å². The van der Waals surface area contributed by atoms with E-state index in [1.165, 1.54) is 23.4 Å². The zero-order valence-corrected chi connectivity index (χ0v) is 10.4. The van der Waals surface area contributed by atoms with E-state index in [4.69, 9.17) is 9.84 Å². The Kier molecular flexibility index (Phi) is 3.39. The van der Waals surface area contributed by atoms with Crippen LogP contribution in [-0.2, 0) is 9.53 Å². The van der Waals surface area contributed by atoms with Crippen LogP contribution in [0.25, 0.3) is 0 Å². The lowest BCUT2D eigenvalue weighted by atomic mass is 9.95. The molecule has 2 N–H and O–H groups in total. The van der Waals surface area contributed by atoms with E-state index in [0.29, 0.717) is 0 Å². The minimum atomic E-state index is -1.05. The van der Waals surface area contributed by atoms with Gasteiger partial charge in [0.25, 0.3) is 5.91 Å². The van der Waals surface area contributed by atoms with Gasteiger partial charge in [-0.05, 0) is 6.92 Å². The molecule has 0 aromatic carbocycles. The van der Waals surface area contributed by atoms with Gasteiger partial charge < -0.3 is 19.7 Å². The standard InChI is InChI=1S/C12H14N2O5/c1-12(19-5-10(16)17)6-14(7-12)11(18)8-4-13-3-2-9(8)15/h2-4H,5-7H2,1H3,(H,13,15)(H,16,17). The number of carbonyl (C=O) groups is 2. The van der Waals surface area contributed by atoms with Crippen LogP contribution in [0.3, 0.4) is 0 Å². The van der Waals surface area contributed by atoms with Crippen molar-refractivity contribution in [2.75, 3.05) is 19.7 Å². The van der Waals surface area contributed by atoms with Gasteiger partial charge in [0, 0.05) is 18.5 Å². The van der Waals surface area contributed by atoms with Crippen molar-refractivity contribution in [3.8, 4) is 0 Å². The third-order valence-electron chi connectivity index (χ3n) is 2.94. The average Bonchev–Trinajstić information content (AvgIpc) is 2.33. The van der Waals surface area contributed by atoms with Crippen molar-refractivity contribution in [3.05, 3.63) is 34.2 Å². The number of nitrogens with one attached hydrogen (secondary N) is 1. The summed E-state index contributed by atoms with van der Waals surface area (Å²) in [6, 6.07) is 1.28. The van der Waals surface area contributed by atoms with Crippen LogP contribution in [0.2, 0.25) is 0 Å². The number of aromatic amines is 1. The van der Waals surface area contributed by atoms with Crippen LogP contribution in [0.5, 0.6) is 0 Å². The smallest absolute Gasteiger partial charge is 0.329 e. The van der Waals surface area contributed by atoms with E-state index in [1.807, 2.05) is 0 Å². The highest BCUT2D eigenvalue weighted by molar-refractivity contribution is 5.94. The molecule has 2 heterocycles. The summed E-state index contributed by atoms with van der Waals surface area (Å²) < 4.78 is 5.19. The number of H-pyrrole nitrogens is 1. The van der Waals surface area contributed by atoms with Crippen molar-refractivity contribution in [2.45, 2.75) is 12.5 Å². The molecule has 2 rings (SSSR count). The summed E-state index contributed by atoms with van der Waals surface area (Å²) in [6.45, 7) is 1.88. The Morgan fingerprint density at radius 2 is 2.21 bits per heavy atom. The van der Waals surface area contributed by atoms with E-state index in [2.05, 4.69) is 4.98 Å². The number of likely N-dealkylation sites (tertiary alicyclic amines) is 1. The first-order valence-corrected chi connectivity index (χ1v) is 5.73. The molecule has 19 heavy (non-hydrogen) atoms. The Morgan fingerprint density at radius 3 is 2.79 bits per heavy atom. The average molecular weight is 266 g/mol. The largest absolute Gasteiger partial charge is 0.480 e. The molecule has 102 valence electrons. The fraction of sp³-hybridized carbons (Fsp3) is 0.417. The van der Waals surface area contributed by atoms with E-state index in [0.717, 1.165) is 0 Å². The lowest BCUT2D eigenvalue weighted by Crippen LogP contribution is -2.63. The molecular formula is C12H14N2O5. The second kappa shape index (κ2) is 4.85. The van der Waals surface area contributed by atoms with Gasteiger partial charge in [-0.25, -0.2) is 4.79 Å². The zero-order valence-electron chi connectivity index (χ0n) is 10.4. The molecular weight excluding hydrogens is 252 g/mol. The molecule has 7 nitrogen and oxygen atoms in total. The summed E-state index contributed by atoms with van der Waals surface area (Å²) in [5.41, 5.74) is -0.929. The molecule has 0 atom stereocenters. The number of rotatable bonds is 4. The number of carbonyl (C=O) groups excluding carboxylic acids is 1. The van der Waals surface area contributed by atoms with Crippen molar-refractivity contribution in [1.82, 2.24) is 9.88 Å². The Morgan fingerprint density at radius 1 is 1.53 bits per heavy atom. The summed E-state index contributed by atoms with van der Waals surface area (Å²) in [6.07, 6.45) is 2.81. The van der Waals surface area contributed by atoms with Gasteiger partial charge in [0.05, 0.1) is 13.1 Å². The summed E-state index contributed by atoms with van der Waals surface area (Å²) in [4.78, 5) is 38.1. The molecule has 1 amide bonds. The number of hydrogen-bond donors (Lipinski definition) is 2. The van der Waals surface area contributed by atoms with E-state index in [-0.39, 0.29) is 30.0 Å². The summed E-state index contributed by atoms with van der Waals surface area (Å²) >= 11 is 0. The molecule has 1 saturated heterocycles. The molecule has 0 radical (unpaired) electrons. The number of ether oxygens (including phenoxy) is 1. The molecule has 7 heteroatoms. The van der Waals surface area contributed by atoms with Crippen LogP contribution < -0.4 is 5.43 Å². The zero-order chi connectivity index (χ0) is 14.0. The second-order valence-electron chi connectivity index (χ2n) is 4.72. The van der Waals surface area contributed by atoms with Gasteiger partial charge in [-0.2, -0.15) is 0 Å². The SMILES string of the molecule is CC1(OCC(=O)O)CN(C(=O)c2c[nH]ccc2=O)C1. The Labute approximate surface area is 108 Å². The number of aromatic nitrogens is 1. The highest BCUT2D eigenvalue weighted by Gasteiger charge is 2.43. The number of nitrogens with zero attached hydrogens (tertiary/aromatic N) is 1. The summed E-state index contributed by atoms with van der Waals surface area (Å²) in [7, 11) is 0. The predicted octanol–water partition coefficient (Wildman–Crippen LogP) is -0.309. The molecule has 0 unspecified atom stereocenters. The molecule has 1 aromatic rings. The summed E-state index contributed by atoms with van der Waals surface area (Å²) in [5, 5.41) is 8.53. The summed E-state index contributed by atoms with van der Waals surface area (Å²) in [5.74, 6) is -1.43. The Balaban J connectivity index is 1.97. The lowest BCUT2D eigenvalue weighted by molar-refractivity contribution is -0.159. The first-order chi connectivity index (χ1) is 8.91. The van der Waals surface area contributed by atoms with Crippen LogP contribution >= 0.6 is 0 Å². The minimum Gasteiger partial charge on any atom is -0.480 e. The maximum Gasteiger partial charge on any atom is 0.329 e. The van der Waals surface area contributed by atoms with Crippen LogP contribution in [0, 0.1) is 0 Å². The van der Waals surface area contributed by atoms with Gasteiger partial charge in [-0.15, -0.1) is 0 Å². The van der Waals surface area contributed by atoms with Gasteiger partial charge in [-0.3, -0.25) is 9.59 Å².